The van der Waals surface area contributed by atoms with Gasteiger partial charge >= 0.3 is 0 Å². The molecule has 0 radical (unpaired) electrons. The highest BCUT2D eigenvalue weighted by atomic mass is 32.2. The fourth-order valence-corrected chi connectivity index (χ4v) is 4.75. The molecule has 0 bridgehead atoms. The molecule has 0 aliphatic carbocycles. The van der Waals surface area contributed by atoms with Crippen LogP contribution in [0.4, 0.5) is 5.69 Å². The van der Waals surface area contributed by atoms with Crippen molar-refractivity contribution in [1.29, 1.82) is 0 Å². The van der Waals surface area contributed by atoms with Gasteiger partial charge in [0, 0.05) is 18.7 Å². The van der Waals surface area contributed by atoms with Crippen molar-refractivity contribution in [3.63, 3.8) is 0 Å². The fourth-order valence-electron chi connectivity index (χ4n) is 3.14. The van der Waals surface area contributed by atoms with Crippen molar-refractivity contribution >= 4 is 21.6 Å². The van der Waals surface area contributed by atoms with Crippen LogP contribution in [0.5, 0.6) is 5.75 Å². The molecule has 1 N–H and O–H groups in total. The van der Waals surface area contributed by atoms with Gasteiger partial charge in [0.1, 0.15) is 5.75 Å². The zero-order chi connectivity index (χ0) is 19.3. The number of carbonyl (C=O) groups is 1. The minimum atomic E-state index is -3.31. The fraction of sp³-hybridized carbons (Fsp3) is 0.350. The summed E-state index contributed by atoms with van der Waals surface area (Å²) >= 11 is 0. The molecule has 0 aromatic heterocycles. The molecule has 1 aliphatic rings. The Morgan fingerprint density at radius 1 is 1.04 bits per heavy atom. The van der Waals surface area contributed by atoms with Gasteiger partial charge in [0.2, 0.25) is 10.0 Å². The summed E-state index contributed by atoms with van der Waals surface area (Å²) in [5.41, 5.74) is 1.72. The van der Waals surface area contributed by atoms with E-state index in [1.165, 1.54) is 0 Å². The van der Waals surface area contributed by atoms with E-state index in [0.717, 1.165) is 19.3 Å². The first kappa shape index (κ1) is 19.4. The maximum atomic E-state index is 12.5. The van der Waals surface area contributed by atoms with Crippen LogP contribution in [-0.2, 0) is 15.8 Å². The Morgan fingerprint density at radius 3 is 2.37 bits per heavy atom. The lowest BCUT2D eigenvalue weighted by Crippen LogP contribution is -2.36. The summed E-state index contributed by atoms with van der Waals surface area (Å²) in [6, 6.07) is 13.8. The monoisotopic (exact) mass is 388 g/mol. The third kappa shape index (κ3) is 4.87. The highest BCUT2D eigenvalue weighted by Crippen LogP contribution is 2.24. The van der Waals surface area contributed by atoms with Gasteiger partial charge in [-0.1, -0.05) is 30.7 Å². The Labute approximate surface area is 160 Å². The quantitative estimate of drug-likeness (QED) is 0.824. The molecule has 1 fully saturated rings. The Kier molecular flexibility index (Phi) is 6.13. The number of hydrogen-bond acceptors (Lipinski definition) is 4. The van der Waals surface area contributed by atoms with Crippen molar-refractivity contribution in [3.05, 3.63) is 59.7 Å². The van der Waals surface area contributed by atoms with Crippen molar-refractivity contribution in [3.8, 4) is 5.75 Å². The third-order valence-electron chi connectivity index (χ3n) is 4.63. The average Bonchev–Trinajstić information content (AvgIpc) is 2.69. The van der Waals surface area contributed by atoms with Crippen LogP contribution in [0, 0.1) is 0 Å². The minimum absolute atomic E-state index is 0.0403. The van der Waals surface area contributed by atoms with Gasteiger partial charge in [0.05, 0.1) is 18.6 Å². The summed E-state index contributed by atoms with van der Waals surface area (Å²) in [5.74, 6) is 0.265. The molecule has 144 valence electrons. The molecule has 1 amide bonds. The number of amides is 1. The molecule has 0 unspecified atom stereocenters. The van der Waals surface area contributed by atoms with Gasteiger partial charge in [-0.2, -0.15) is 0 Å². The first-order valence-electron chi connectivity index (χ1n) is 9.01. The van der Waals surface area contributed by atoms with Crippen LogP contribution in [0.1, 0.15) is 35.2 Å². The predicted molar refractivity (Wildman–Crippen MR) is 105 cm³/mol. The summed E-state index contributed by atoms with van der Waals surface area (Å²) in [6.07, 6.45) is 2.92. The highest BCUT2D eigenvalue weighted by Gasteiger charge is 2.24. The van der Waals surface area contributed by atoms with Gasteiger partial charge in [-0.3, -0.25) is 4.79 Å². The van der Waals surface area contributed by atoms with Crippen molar-refractivity contribution in [2.24, 2.45) is 0 Å². The van der Waals surface area contributed by atoms with Crippen LogP contribution in [0.2, 0.25) is 0 Å². The second kappa shape index (κ2) is 8.54. The van der Waals surface area contributed by atoms with Gasteiger partial charge in [0.25, 0.3) is 5.91 Å². The molecule has 7 heteroatoms. The van der Waals surface area contributed by atoms with Gasteiger partial charge in [-0.15, -0.1) is 0 Å². The summed E-state index contributed by atoms with van der Waals surface area (Å²) in [5, 5.41) is 2.81. The number of carbonyl (C=O) groups excluding carboxylic acids is 1. The molecule has 1 saturated heterocycles. The lowest BCUT2D eigenvalue weighted by molar-refractivity contribution is 0.102. The average molecular weight is 388 g/mol. The van der Waals surface area contributed by atoms with E-state index >= 15 is 0 Å². The largest absolute Gasteiger partial charge is 0.495 e. The number of benzene rings is 2. The van der Waals surface area contributed by atoms with Gasteiger partial charge in [0.15, 0.2) is 0 Å². The lowest BCUT2D eigenvalue weighted by atomic mass is 10.1. The lowest BCUT2D eigenvalue weighted by Gasteiger charge is -2.25. The Morgan fingerprint density at radius 2 is 1.70 bits per heavy atom. The zero-order valence-electron chi connectivity index (χ0n) is 15.3. The Balaban J connectivity index is 1.67. The van der Waals surface area contributed by atoms with E-state index in [1.54, 1.807) is 47.8 Å². The number of rotatable bonds is 6. The molecule has 0 atom stereocenters. The number of anilines is 1. The van der Waals surface area contributed by atoms with Crippen LogP contribution < -0.4 is 10.1 Å². The number of nitrogens with one attached hydrogen (secondary N) is 1. The summed E-state index contributed by atoms with van der Waals surface area (Å²) in [4.78, 5) is 12.4. The smallest absolute Gasteiger partial charge is 0.255 e. The summed E-state index contributed by atoms with van der Waals surface area (Å²) in [7, 11) is -1.77. The van der Waals surface area contributed by atoms with Crippen molar-refractivity contribution in [2.45, 2.75) is 25.0 Å². The molecular formula is C20H24N2O4S. The number of methoxy groups -OCH3 is 1. The van der Waals surface area contributed by atoms with Crippen LogP contribution >= 0.6 is 0 Å². The third-order valence-corrected chi connectivity index (χ3v) is 6.48. The number of sulfonamides is 1. The van der Waals surface area contributed by atoms with E-state index in [-0.39, 0.29) is 11.7 Å². The SMILES string of the molecule is COc1ccccc1NC(=O)c1ccc(CS(=O)(=O)N2CCCCC2)cc1. The van der Waals surface area contributed by atoms with E-state index in [9.17, 15) is 13.2 Å². The molecule has 1 aliphatic heterocycles. The summed E-state index contributed by atoms with van der Waals surface area (Å²) in [6.45, 7) is 1.20. The maximum Gasteiger partial charge on any atom is 0.255 e. The Hall–Kier alpha value is -2.38. The number of nitrogens with zero attached hydrogens (tertiary/aromatic N) is 1. The zero-order valence-corrected chi connectivity index (χ0v) is 16.2. The van der Waals surface area contributed by atoms with Crippen molar-refractivity contribution in [1.82, 2.24) is 4.31 Å². The topological polar surface area (TPSA) is 75.7 Å². The van der Waals surface area contributed by atoms with Crippen LogP contribution in [0.3, 0.4) is 0 Å². The number of piperidine rings is 1. The van der Waals surface area contributed by atoms with Crippen molar-refractivity contribution in [2.75, 3.05) is 25.5 Å². The van der Waals surface area contributed by atoms with Gasteiger partial charge in [-0.25, -0.2) is 12.7 Å². The normalized spacial score (nSPS) is 15.3. The first-order valence-corrected chi connectivity index (χ1v) is 10.6. The molecule has 0 spiro atoms. The molecule has 2 aromatic rings. The number of para-hydroxylation sites is 2. The van der Waals surface area contributed by atoms with E-state index in [2.05, 4.69) is 5.32 Å². The van der Waals surface area contributed by atoms with E-state index in [1.807, 2.05) is 12.1 Å². The maximum absolute atomic E-state index is 12.5. The number of hydrogen-bond donors (Lipinski definition) is 1. The minimum Gasteiger partial charge on any atom is -0.495 e. The first-order chi connectivity index (χ1) is 13.0. The molecule has 27 heavy (non-hydrogen) atoms. The molecular weight excluding hydrogens is 364 g/mol. The van der Waals surface area contributed by atoms with Crippen LogP contribution in [0.25, 0.3) is 0 Å². The van der Waals surface area contributed by atoms with Gasteiger partial charge < -0.3 is 10.1 Å². The molecule has 6 nitrogen and oxygen atoms in total. The highest BCUT2D eigenvalue weighted by molar-refractivity contribution is 7.88. The second-order valence-electron chi connectivity index (χ2n) is 6.57. The van der Waals surface area contributed by atoms with Crippen LogP contribution in [-0.4, -0.2) is 38.8 Å². The molecule has 2 aromatic carbocycles. The molecule has 1 heterocycles. The molecule has 3 rings (SSSR count). The van der Waals surface area contributed by atoms with E-state index in [4.69, 9.17) is 4.74 Å². The van der Waals surface area contributed by atoms with Crippen molar-refractivity contribution < 1.29 is 17.9 Å². The van der Waals surface area contributed by atoms with E-state index < -0.39 is 10.0 Å². The summed E-state index contributed by atoms with van der Waals surface area (Å²) < 4.78 is 31.8. The predicted octanol–water partition coefficient (Wildman–Crippen LogP) is 3.26. The second-order valence-corrected chi connectivity index (χ2v) is 8.54. The number of ether oxygens (including phenoxy) is 1. The standard InChI is InChI=1S/C20H24N2O4S/c1-26-19-8-4-3-7-18(19)21-20(23)17-11-9-16(10-12-17)15-27(24,25)22-13-5-2-6-14-22/h3-4,7-12H,2,5-6,13-15H2,1H3,(H,21,23). The van der Waals surface area contributed by atoms with Crippen LogP contribution in [0.15, 0.2) is 48.5 Å². The van der Waals surface area contributed by atoms with E-state index in [0.29, 0.717) is 35.7 Å². The van der Waals surface area contributed by atoms with Gasteiger partial charge in [-0.05, 0) is 42.7 Å². The Bertz CT molecular complexity index is 888. The molecule has 0 saturated carbocycles.